The molecule has 0 amide bonds. The van der Waals surface area contributed by atoms with Gasteiger partial charge in [-0.15, -0.1) is 0 Å². The van der Waals surface area contributed by atoms with Crippen molar-refractivity contribution in [2.45, 2.75) is 79.2 Å². The number of aromatic nitrogens is 1. The number of carbonyl (C=O) groups is 3. The van der Waals surface area contributed by atoms with E-state index in [1.165, 1.54) is 0 Å². The lowest BCUT2D eigenvalue weighted by atomic mass is 9.90. The summed E-state index contributed by atoms with van der Waals surface area (Å²) in [6.45, 7) is 9.27. The number of rotatable bonds is 13. The molecule has 3 rings (SSSR count). The summed E-state index contributed by atoms with van der Waals surface area (Å²) in [6.07, 6.45) is 4.94. The summed E-state index contributed by atoms with van der Waals surface area (Å²) in [5, 5.41) is 2.00. The largest absolute Gasteiger partial charge is 0.466 e. The van der Waals surface area contributed by atoms with Crippen LogP contribution in [0.5, 0.6) is 0 Å². The van der Waals surface area contributed by atoms with Crippen molar-refractivity contribution in [2.24, 2.45) is 5.92 Å². The van der Waals surface area contributed by atoms with E-state index in [0.717, 1.165) is 59.6 Å². The van der Waals surface area contributed by atoms with Gasteiger partial charge in [-0.2, -0.15) is 0 Å². The maximum absolute atomic E-state index is 13.2. The number of carbonyl (C=O) groups excluding carboxylic acids is 3. The molecular formula is C29H37NO4. The minimum absolute atomic E-state index is 0.0152. The van der Waals surface area contributed by atoms with Gasteiger partial charge in [0.2, 0.25) is 0 Å². The van der Waals surface area contributed by atoms with E-state index in [-0.39, 0.29) is 29.9 Å². The third kappa shape index (κ3) is 5.57. The van der Waals surface area contributed by atoms with Gasteiger partial charge >= 0.3 is 5.97 Å². The minimum Gasteiger partial charge on any atom is -0.466 e. The number of benzene rings is 2. The molecule has 0 saturated heterocycles. The summed E-state index contributed by atoms with van der Waals surface area (Å²) in [5.41, 5.74) is 3.51. The first kappa shape index (κ1) is 25.7. The standard InChI is InChI=1S/C29H37NO4/c1-5-9-11-20(6-2)29(33)22-15-17-26-24(19-22)23-18-21(14-16-25(23)30(26)7-3)27(31)12-10-13-28(32)34-8-4/h14-20H,5-13H2,1-4H3. The van der Waals surface area contributed by atoms with E-state index >= 15 is 0 Å². The second kappa shape index (κ2) is 12.0. The molecule has 0 bridgehead atoms. The maximum Gasteiger partial charge on any atom is 0.305 e. The average molecular weight is 464 g/mol. The van der Waals surface area contributed by atoms with Gasteiger partial charge in [-0.25, -0.2) is 0 Å². The zero-order valence-electron chi connectivity index (χ0n) is 21.0. The number of ether oxygens (including phenoxy) is 1. The zero-order chi connectivity index (χ0) is 24.7. The Hall–Kier alpha value is -2.95. The number of hydrogen-bond acceptors (Lipinski definition) is 4. The first-order valence-electron chi connectivity index (χ1n) is 12.7. The fourth-order valence-electron chi connectivity index (χ4n) is 4.75. The molecule has 34 heavy (non-hydrogen) atoms. The minimum atomic E-state index is -0.265. The van der Waals surface area contributed by atoms with E-state index < -0.39 is 0 Å². The Kier molecular flexibility index (Phi) is 9.03. The highest BCUT2D eigenvalue weighted by molar-refractivity contribution is 6.13. The number of ketones is 2. The van der Waals surface area contributed by atoms with E-state index in [9.17, 15) is 14.4 Å². The van der Waals surface area contributed by atoms with Crippen molar-refractivity contribution in [1.82, 2.24) is 4.57 Å². The Bertz CT molecular complexity index is 1170. The SMILES string of the molecule is CCCCC(CC)C(=O)c1ccc2c(c1)c1cc(C(=O)CCCC(=O)OCC)ccc1n2CC. The van der Waals surface area contributed by atoms with Crippen molar-refractivity contribution >= 4 is 39.3 Å². The third-order valence-corrected chi connectivity index (χ3v) is 6.65. The van der Waals surface area contributed by atoms with Gasteiger partial charge in [0.25, 0.3) is 0 Å². The van der Waals surface area contributed by atoms with Crippen LogP contribution in [-0.4, -0.2) is 28.7 Å². The number of esters is 1. The van der Waals surface area contributed by atoms with Gasteiger partial charge in [0.15, 0.2) is 11.6 Å². The fourth-order valence-corrected chi connectivity index (χ4v) is 4.75. The van der Waals surface area contributed by atoms with Gasteiger partial charge in [-0.05, 0) is 69.5 Å². The van der Waals surface area contributed by atoms with Crippen LogP contribution < -0.4 is 0 Å². The highest BCUT2D eigenvalue weighted by Crippen LogP contribution is 2.32. The Balaban J connectivity index is 1.94. The van der Waals surface area contributed by atoms with Crippen LogP contribution in [-0.2, 0) is 16.1 Å². The van der Waals surface area contributed by atoms with E-state index in [1.54, 1.807) is 6.92 Å². The van der Waals surface area contributed by atoms with Gasteiger partial charge in [-0.3, -0.25) is 14.4 Å². The molecule has 5 nitrogen and oxygen atoms in total. The number of nitrogens with zero attached hydrogens (tertiary/aromatic N) is 1. The van der Waals surface area contributed by atoms with Crippen LogP contribution in [0.15, 0.2) is 36.4 Å². The Morgan fingerprint density at radius 1 is 0.853 bits per heavy atom. The molecule has 2 aromatic carbocycles. The van der Waals surface area contributed by atoms with E-state index in [4.69, 9.17) is 4.74 Å². The summed E-state index contributed by atoms with van der Waals surface area (Å²) in [7, 11) is 0. The summed E-state index contributed by atoms with van der Waals surface area (Å²) in [4.78, 5) is 37.6. The molecule has 0 aliphatic rings. The molecule has 0 fully saturated rings. The van der Waals surface area contributed by atoms with Gasteiger partial charge in [0.1, 0.15) is 0 Å². The Labute approximate surface area is 202 Å². The molecule has 0 spiro atoms. The lowest BCUT2D eigenvalue weighted by molar-refractivity contribution is -0.143. The van der Waals surface area contributed by atoms with Gasteiger partial charge < -0.3 is 9.30 Å². The number of aryl methyl sites for hydroxylation is 1. The van der Waals surface area contributed by atoms with Crippen molar-refractivity contribution in [3.05, 3.63) is 47.5 Å². The highest BCUT2D eigenvalue weighted by atomic mass is 16.5. The number of Topliss-reactive ketones (excluding diaryl/α,β-unsaturated/α-hetero) is 2. The normalized spacial score (nSPS) is 12.2. The number of fused-ring (bicyclic) bond motifs is 3. The molecule has 0 saturated carbocycles. The molecule has 0 aliphatic carbocycles. The van der Waals surface area contributed by atoms with E-state index in [1.807, 2.05) is 36.4 Å². The lowest BCUT2D eigenvalue weighted by Gasteiger charge is -2.13. The van der Waals surface area contributed by atoms with Crippen LogP contribution in [0.3, 0.4) is 0 Å². The number of unbranched alkanes of at least 4 members (excludes halogenated alkanes) is 1. The second-order valence-corrected chi connectivity index (χ2v) is 8.90. The zero-order valence-corrected chi connectivity index (χ0v) is 21.0. The highest BCUT2D eigenvalue weighted by Gasteiger charge is 2.20. The van der Waals surface area contributed by atoms with Crippen LogP contribution in [0.4, 0.5) is 0 Å². The molecule has 182 valence electrons. The molecule has 1 aromatic heterocycles. The Morgan fingerprint density at radius 3 is 2.09 bits per heavy atom. The summed E-state index contributed by atoms with van der Waals surface area (Å²) in [6, 6.07) is 11.8. The third-order valence-electron chi connectivity index (χ3n) is 6.65. The molecular weight excluding hydrogens is 426 g/mol. The molecule has 5 heteroatoms. The first-order chi connectivity index (χ1) is 16.4. The maximum atomic E-state index is 13.2. The Morgan fingerprint density at radius 2 is 1.50 bits per heavy atom. The number of hydrogen-bond donors (Lipinski definition) is 0. The van der Waals surface area contributed by atoms with Crippen molar-refractivity contribution < 1.29 is 19.1 Å². The average Bonchev–Trinajstić information content (AvgIpc) is 3.16. The van der Waals surface area contributed by atoms with Crippen LogP contribution in [0.2, 0.25) is 0 Å². The summed E-state index contributed by atoms with van der Waals surface area (Å²) in [5.74, 6) is 0.00892. The monoisotopic (exact) mass is 463 g/mol. The van der Waals surface area contributed by atoms with E-state index in [2.05, 4.69) is 25.3 Å². The quantitative estimate of drug-likeness (QED) is 0.200. The van der Waals surface area contributed by atoms with Crippen molar-refractivity contribution in [1.29, 1.82) is 0 Å². The smallest absolute Gasteiger partial charge is 0.305 e. The predicted molar refractivity (Wildman–Crippen MR) is 138 cm³/mol. The molecule has 1 unspecified atom stereocenters. The van der Waals surface area contributed by atoms with Crippen LogP contribution in [0, 0.1) is 5.92 Å². The fraction of sp³-hybridized carbons (Fsp3) is 0.483. The first-order valence-corrected chi connectivity index (χ1v) is 12.7. The predicted octanol–water partition coefficient (Wildman–Crippen LogP) is 7.13. The van der Waals surface area contributed by atoms with Crippen LogP contribution >= 0.6 is 0 Å². The van der Waals surface area contributed by atoms with Crippen molar-refractivity contribution in [3.63, 3.8) is 0 Å². The van der Waals surface area contributed by atoms with E-state index in [0.29, 0.717) is 25.0 Å². The molecule has 0 aliphatic heterocycles. The topological polar surface area (TPSA) is 65.4 Å². The molecule has 1 heterocycles. The van der Waals surface area contributed by atoms with Crippen LogP contribution in [0.25, 0.3) is 21.8 Å². The molecule has 0 N–H and O–H groups in total. The summed E-state index contributed by atoms with van der Waals surface area (Å²) < 4.78 is 7.17. The van der Waals surface area contributed by atoms with Gasteiger partial charge in [-0.1, -0.05) is 26.7 Å². The second-order valence-electron chi connectivity index (χ2n) is 8.90. The van der Waals surface area contributed by atoms with Gasteiger partial charge in [0, 0.05) is 58.2 Å². The molecule has 3 aromatic rings. The van der Waals surface area contributed by atoms with Crippen molar-refractivity contribution in [2.75, 3.05) is 6.61 Å². The van der Waals surface area contributed by atoms with Crippen molar-refractivity contribution in [3.8, 4) is 0 Å². The van der Waals surface area contributed by atoms with Gasteiger partial charge in [0.05, 0.1) is 6.61 Å². The summed E-state index contributed by atoms with van der Waals surface area (Å²) >= 11 is 0. The molecule has 1 atom stereocenters. The van der Waals surface area contributed by atoms with Crippen LogP contribution in [0.1, 0.15) is 93.4 Å². The molecule has 0 radical (unpaired) electrons. The lowest BCUT2D eigenvalue weighted by Crippen LogP contribution is -2.14.